The first-order valence-corrected chi connectivity index (χ1v) is 17.7. The van der Waals surface area contributed by atoms with Crippen LogP contribution in [0.4, 0.5) is 0 Å². The Bertz CT molecular complexity index is 2770. The first-order chi connectivity index (χ1) is 25.4. The molecule has 0 amide bonds. The SMILES string of the molecule is c1ccc(-c2cccc(-c3ccccc3)c2B2c3ccccc3-n3c4ccccc4c4ccc5c6ccccc6n(c5c43)-c3ccccc32)cc1. The predicted octanol–water partition coefficient (Wildman–Crippen LogP) is 10.0. The summed E-state index contributed by atoms with van der Waals surface area (Å²) in [5.74, 6) is 0. The summed E-state index contributed by atoms with van der Waals surface area (Å²) in [5, 5.41) is 5.06. The highest BCUT2D eigenvalue weighted by atomic mass is 15.0. The van der Waals surface area contributed by atoms with Gasteiger partial charge < -0.3 is 9.13 Å². The summed E-state index contributed by atoms with van der Waals surface area (Å²) in [4.78, 5) is 0. The highest BCUT2D eigenvalue weighted by Crippen LogP contribution is 2.42. The lowest BCUT2D eigenvalue weighted by molar-refractivity contribution is 1.16. The second kappa shape index (κ2) is 11.0. The highest BCUT2D eigenvalue weighted by Gasteiger charge is 2.35. The molecule has 0 spiro atoms. The van der Waals surface area contributed by atoms with E-state index in [1.807, 2.05) is 0 Å². The van der Waals surface area contributed by atoms with Crippen LogP contribution >= 0.6 is 0 Å². The van der Waals surface area contributed by atoms with Crippen LogP contribution in [0.15, 0.2) is 188 Å². The van der Waals surface area contributed by atoms with Crippen molar-refractivity contribution in [3.05, 3.63) is 188 Å². The van der Waals surface area contributed by atoms with Gasteiger partial charge in [-0.05, 0) is 57.4 Å². The molecule has 0 saturated heterocycles. The summed E-state index contributed by atoms with van der Waals surface area (Å²) >= 11 is 0. The lowest BCUT2D eigenvalue weighted by Crippen LogP contribution is -2.55. The number of para-hydroxylation sites is 4. The molecule has 0 radical (unpaired) electrons. The molecule has 10 aromatic rings. The van der Waals surface area contributed by atoms with E-state index in [1.165, 1.54) is 93.6 Å². The van der Waals surface area contributed by atoms with Crippen molar-refractivity contribution in [2.75, 3.05) is 0 Å². The zero-order valence-corrected chi connectivity index (χ0v) is 27.9. The zero-order valence-electron chi connectivity index (χ0n) is 27.9. The van der Waals surface area contributed by atoms with Crippen molar-refractivity contribution in [1.82, 2.24) is 9.13 Å². The van der Waals surface area contributed by atoms with Crippen LogP contribution in [-0.4, -0.2) is 15.8 Å². The van der Waals surface area contributed by atoms with E-state index in [1.54, 1.807) is 0 Å². The van der Waals surface area contributed by atoms with Crippen LogP contribution < -0.4 is 16.4 Å². The molecule has 236 valence electrons. The summed E-state index contributed by atoms with van der Waals surface area (Å²) in [6.07, 6.45) is 0. The van der Waals surface area contributed by atoms with Crippen LogP contribution in [0.5, 0.6) is 0 Å². The van der Waals surface area contributed by atoms with Crippen LogP contribution in [0, 0.1) is 0 Å². The van der Waals surface area contributed by atoms with Gasteiger partial charge in [-0.3, -0.25) is 0 Å². The third-order valence-electron chi connectivity index (χ3n) is 11.0. The van der Waals surface area contributed by atoms with E-state index < -0.39 is 0 Å². The molecule has 3 heteroatoms. The van der Waals surface area contributed by atoms with Gasteiger partial charge in [0.1, 0.15) is 0 Å². The molecule has 3 heterocycles. The average molecular weight is 647 g/mol. The maximum atomic E-state index is 2.56. The molecular formula is C48H31BN2. The van der Waals surface area contributed by atoms with Crippen LogP contribution in [0.3, 0.4) is 0 Å². The summed E-state index contributed by atoms with van der Waals surface area (Å²) in [6.45, 7) is -0.106. The number of aromatic nitrogens is 2. The number of rotatable bonds is 3. The van der Waals surface area contributed by atoms with E-state index in [4.69, 9.17) is 0 Å². The molecule has 0 aliphatic carbocycles. The van der Waals surface area contributed by atoms with Gasteiger partial charge in [-0.25, -0.2) is 0 Å². The van der Waals surface area contributed by atoms with Gasteiger partial charge in [-0.2, -0.15) is 0 Å². The molecule has 0 unspecified atom stereocenters. The van der Waals surface area contributed by atoms with E-state index >= 15 is 0 Å². The molecule has 1 aliphatic heterocycles. The largest absolute Gasteiger partial charge is 0.308 e. The maximum Gasteiger partial charge on any atom is 0.248 e. The number of hydrogen-bond donors (Lipinski definition) is 0. The molecule has 8 aromatic carbocycles. The Morgan fingerprint density at radius 1 is 0.314 bits per heavy atom. The first kappa shape index (κ1) is 28.3. The lowest BCUT2D eigenvalue weighted by atomic mass is 9.34. The van der Waals surface area contributed by atoms with Gasteiger partial charge in [0.25, 0.3) is 0 Å². The minimum absolute atomic E-state index is 0.106. The second-order valence-electron chi connectivity index (χ2n) is 13.6. The fourth-order valence-corrected chi connectivity index (χ4v) is 8.97. The van der Waals surface area contributed by atoms with Crippen molar-refractivity contribution >= 4 is 66.7 Å². The van der Waals surface area contributed by atoms with Crippen LogP contribution in [0.25, 0.3) is 77.2 Å². The predicted molar refractivity (Wildman–Crippen MR) is 217 cm³/mol. The monoisotopic (exact) mass is 646 g/mol. The third-order valence-corrected chi connectivity index (χ3v) is 11.0. The van der Waals surface area contributed by atoms with Gasteiger partial charge in [-0.15, -0.1) is 0 Å². The summed E-state index contributed by atoms with van der Waals surface area (Å²) in [7, 11) is 0. The maximum absolute atomic E-state index is 2.56. The molecule has 0 N–H and O–H groups in total. The molecule has 0 saturated carbocycles. The smallest absolute Gasteiger partial charge is 0.248 e. The molecule has 1 aliphatic rings. The van der Waals surface area contributed by atoms with Crippen LogP contribution in [0.2, 0.25) is 0 Å². The fourth-order valence-electron chi connectivity index (χ4n) is 8.97. The Labute approximate surface area is 296 Å². The van der Waals surface area contributed by atoms with Crippen molar-refractivity contribution in [3.8, 4) is 33.6 Å². The van der Waals surface area contributed by atoms with Gasteiger partial charge in [0.15, 0.2) is 0 Å². The topological polar surface area (TPSA) is 9.86 Å². The molecule has 11 rings (SSSR count). The van der Waals surface area contributed by atoms with E-state index in [0.717, 1.165) is 0 Å². The van der Waals surface area contributed by atoms with E-state index in [2.05, 4.69) is 197 Å². The highest BCUT2D eigenvalue weighted by molar-refractivity contribution is 6.98. The molecule has 0 bridgehead atoms. The van der Waals surface area contributed by atoms with Crippen LogP contribution in [-0.2, 0) is 0 Å². The van der Waals surface area contributed by atoms with Gasteiger partial charge >= 0.3 is 0 Å². The summed E-state index contributed by atoms with van der Waals surface area (Å²) in [6, 6.07) is 69.5. The standard InChI is InChI=1S/C48H31BN2/c1-3-16-32(17-4-1)34-22-15-23-35(33-18-5-2-6-19-33)46(34)49-40-24-9-13-28-44(40)50-42-26-11-7-20-36(42)38-30-31-39-37-21-8-12-27-43(37)51(48(39)47(38)50)45-29-14-10-25-41(45)49/h1-31H. The summed E-state index contributed by atoms with van der Waals surface area (Å²) in [5.41, 5.74) is 16.1. The Balaban J connectivity index is 1.40. The molecule has 2 aromatic heterocycles. The minimum atomic E-state index is -0.106. The molecule has 2 nitrogen and oxygen atoms in total. The van der Waals surface area contributed by atoms with Crippen LogP contribution in [0.1, 0.15) is 0 Å². The van der Waals surface area contributed by atoms with E-state index in [-0.39, 0.29) is 6.71 Å². The van der Waals surface area contributed by atoms with Crippen molar-refractivity contribution in [2.24, 2.45) is 0 Å². The van der Waals surface area contributed by atoms with Crippen molar-refractivity contribution in [3.63, 3.8) is 0 Å². The molecule has 51 heavy (non-hydrogen) atoms. The van der Waals surface area contributed by atoms with Crippen molar-refractivity contribution < 1.29 is 0 Å². The second-order valence-corrected chi connectivity index (χ2v) is 13.6. The van der Waals surface area contributed by atoms with E-state index in [9.17, 15) is 0 Å². The van der Waals surface area contributed by atoms with Crippen molar-refractivity contribution in [1.29, 1.82) is 0 Å². The molecular weight excluding hydrogens is 615 g/mol. The van der Waals surface area contributed by atoms with E-state index in [0.29, 0.717) is 0 Å². The fraction of sp³-hybridized carbons (Fsp3) is 0. The molecule has 0 atom stereocenters. The quantitative estimate of drug-likeness (QED) is 0.169. The lowest BCUT2D eigenvalue weighted by Gasteiger charge is -2.26. The Morgan fingerprint density at radius 2 is 0.725 bits per heavy atom. The van der Waals surface area contributed by atoms with Gasteiger partial charge in [0, 0.05) is 32.9 Å². The third kappa shape index (κ3) is 4.00. The number of nitrogens with zero attached hydrogens (tertiary/aromatic N) is 2. The van der Waals surface area contributed by atoms with Gasteiger partial charge in [0.05, 0.1) is 22.1 Å². The summed E-state index contributed by atoms with van der Waals surface area (Å²) < 4.78 is 5.12. The minimum Gasteiger partial charge on any atom is -0.308 e. The number of hydrogen-bond acceptors (Lipinski definition) is 0. The number of fused-ring (bicyclic) bond motifs is 10. The number of benzene rings is 8. The first-order valence-electron chi connectivity index (χ1n) is 17.7. The Hall–Kier alpha value is -6.58. The normalized spacial score (nSPS) is 12.3. The van der Waals surface area contributed by atoms with Gasteiger partial charge in [-0.1, -0.05) is 169 Å². The Kier molecular flexibility index (Phi) is 6.08. The Morgan fingerprint density at radius 3 is 1.22 bits per heavy atom. The zero-order chi connectivity index (χ0) is 33.5. The average Bonchev–Trinajstić information content (AvgIpc) is 3.73. The molecule has 0 fully saturated rings. The van der Waals surface area contributed by atoms with Crippen molar-refractivity contribution in [2.45, 2.75) is 0 Å². The van der Waals surface area contributed by atoms with Gasteiger partial charge in [0.2, 0.25) is 6.71 Å².